The van der Waals surface area contributed by atoms with Crippen molar-refractivity contribution in [2.24, 2.45) is 0 Å². The van der Waals surface area contributed by atoms with Crippen molar-refractivity contribution in [2.75, 3.05) is 0 Å². The number of hydrogen-bond acceptors (Lipinski definition) is 4. The number of nitrogens with one attached hydrogen (secondary N) is 2. The highest BCUT2D eigenvalue weighted by molar-refractivity contribution is 7.89. The number of H-pyrrole nitrogens is 1. The average molecular weight is 271 g/mol. The predicted molar refractivity (Wildman–Crippen MR) is 66.4 cm³/mol. The number of nitrogens with zero attached hydrogens (tertiary/aromatic N) is 1. The van der Waals surface area contributed by atoms with Gasteiger partial charge < -0.3 is 4.98 Å². The van der Waals surface area contributed by atoms with Crippen LogP contribution >= 0.6 is 11.3 Å². The second kappa shape index (κ2) is 4.99. The van der Waals surface area contributed by atoms with E-state index < -0.39 is 10.0 Å². The summed E-state index contributed by atoms with van der Waals surface area (Å²) >= 11 is 1.60. The van der Waals surface area contributed by atoms with E-state index in [1.165, 1.54) is 12.5 Å². The molecule has 1 unspecified atom stereocenters. The molecule has 0 aliphatic heterocycles. The van der Waals surface area contributed by atoms with Gasteiger partial charge in [-0.15, -0.1) is 0 Å². The monoisotopic (exact) mass is 271 g/mol. The summed E-state index contributed by atoms with van der Waals surface area (Å²) < 4.78 is 26.3. The lowest BCUT2D eigenvalue weighted by atomic mass is 10.1. The molecule has 0 aliphatic rings. The fourth-order valence-electron chi connectivity index (χ4n) is 1.52. The lowest BCUT2D eigenvalue weighted by Crippen LogP contribution is -2.34. The second-order valence-electron chi connectivity index (χ2n) is 3.77. The van der Waals surface area contributed by atoms with Crippen molar-refractivity contribution in [2.45, 2.75) is 24.4 Å². The van der Waals surface area contributed by atoms with Crippen molar-refractivity contribution < 1.29 is 8.42 Å². The van der Waals surface area contributed by atoms with Gasteiger partial charge in [0.15, 0.2) is 5.03 Å². The topological polar surface area (TPSA) is 74.8 Å². The quantitative estimate of drug-likeness (QED) is 0.862. The summed E-state index contributed by atoms with van der Waals surface area (Å²) in [5, 5.41) is 4.08. The van der Waals surface area contributed by atoms with E-state index in [4.69, 9.17) is 0 Å². The van der Waals surface area contributed by atoms with Gasteiger partial charge in [-0.3, -0.25) is 0 Å². The number of hydrogen-bond donors (Lipinski definition) is 2. The molecule has 5 nitrogen and oxygen atoms in total. The molecule has 2 aromatic heterocycles. The van der Waals surface area contributed by atoms with Crippen LogP contribution in [0, 0.1) is 0 Å². The first-order valence-corrected chi connectivity index (χ1v) is 7.52. The molecule has 17 heavy (non-hydrogen) atoms. The maximum absolute atomic E-state index is 11.9. The van der Waals surface area contributed by atoms with Crippen LogP contribution < -0.4 is 4.72 Å². The summed E-state index contributed by atoms with van der Waals surface area (Å²) in [5.74, 6) is 0. The van der Waals surface area contributed by atoms with Gasteiger partial charge in [0.25, 0.3) is 10.0 Å². The molecule has 2 heterocycles. The van der Waals surface area contributed by atoms with Crippen LogP contribution in [0.4, 0.5) is 0 Å². The van der Waals surface area contributed by atoms with Crippen LogP contribution in [0.2, 0.25) is 0 Å². The smallest absolute Gasteiger partial charge is 0.257 e. The van der Waals surface area contributed by atoms with Crippen LogP contribution in [0.3, 0.4) is 0 Å². The van der Waals surface area contributed by atoms with Crippen molar-refractivity contribution in [1.29, 1.82) is 0 Å². The zero-order valence-electron chi connectivity index (χ0n) is 9.25. The Balaban J connectivity index is 2.01. The van der Waals surface area contributed by atoms with Gasteiger partial charge in [-0.1, -0.05) is 0 Å². The number of imidazole rings is 1. The third-order valence-electron chi connectivity index (χ3n) is 2.24. The first-order valence-electron chi connectivity index (χ1n) is 5.10. The van der Waals surface area contributed by atoms with E-state index in [9.17, 15) is 8.42 Å². The van der Waals surface area contributed by atoms with E-state index in [1.54, 1.807) is 11.3 Å². The molecule has 0 radical (unpaired) electrons. The molecule has 0 saturated heterocycles. The van der Waals surface area contributed by atoms with Gasteiger partial charge in [-0.25, -0.2) is 18.1 Å². The minimum Gasteiger partial charge on any atom is -0.335 e. The number of aromatic nitrogens is 2. The van der Waals surface area contributed by atoms with E-state index in [1.807, 2.05) is 23.8 Å². The first-order chi connectivity index (χ1) is 8.08. The van der Waals surface area contributed by atoms with Crippen LogP contribution in [0.15, 0.2) is 34.4 Å². The lowest BCUT2D eigenvalue weighted by molar-refractivity contribution is 0.557. The number of thiophene rings is 1. The predicted octanol–water partition coefficient (Wildman–Crippen LogP) is 1.38. The highest BCUT2D eigenvalue weighted by atomic mass is 32.2. The summed E-state index contributed by atoms with van der Waals surface area (Å²) in [5.41, 5.74) is 1.13. The van der Waals surface area contributed by atoms with Gasteiger partial charge in [0.05, 0.1) is 12.5 Å². The molecular formula is C10H13N3O2S2. The SMILES string of the molecule is CC(Cc1ccsc1)NS(=O)(=O)c1cnc[nH]1. The third kappa shape index (κ3) is 3.15. The van der Waals surface area contributed by atoms with Crippen molar-refractivity contribution in [3.05, 3.63) is 34.9 Å². The summed E-state index contributed by atoms with van der Waals surface area (Å²) in [6.07, 6.45) is 3.31. The van der Waals surface area contributed by atoms with Gasteiger partial charge in [0, 0.05) is 6.04 Å². The Morgan fingerprint density at radius 1 is 1.59 bits per heavy atom. The van der Waals surface area contributed by atoms with Crippen LogP contribution in [-0.4, -0.2) is 24.4 Å². The van der Waals surface area contributed by atoms with Crippen molar-refractivity contribution in [3.63, 3.8) is 0 Å². The average Bonchev–Trinajstić information content (AvgIpc) is 2.87. The molecule has 2 N–H and O–H groups in total. The Kier molecular flexibility index (Phi) is 3.60. The maximum atomic E-state index is 11.9. The van der Waals surface area contributed by atoms with Crippen LogP contribution in [0.5, 0.6) is 0 Å². The largest absolute Gasteiger partial charge is 0.335 e. The minimum absolute atomic E-state index is 0.0923. The van der Waals surface area contributed by atoms with Crippen LogP contribution in [0.1, 0.15) is 12.5 Å². The molecule has 2 rings (SSSR count). The molecule has 0 aromatic carbocycles. The molecule has 2 aromatic rings. The van der Waals surface area contributed by atoms with Crippen molar-refractivity contribution in [3.8, 4) is 0 Å². The number of aromatic amines is 1. The number of sulfonamides is 1. The molecule has 0 saturated carbocycles. The summed E-state index contributed by atoms with van der Waals surface area (Å²) in [6.45, 7) is 1.84. The Morgan fingerprint density at radius 2 is 2.41 bits per heavy atom. The molecule has 1 atom stereocenters. The molecule has 0 aliphatic carbocycles. The molecule has 0 spiro atoms. The lowest BCUT2D eigenvalue weighted by Gasteiger charge is -2.12. The second-order valence-corrected chi connectivity index (χ2v) is 6.24. The maximum Gasteiger partial charge on any atom is 0.257 e. The van der Waals surface area contributed by atoms with E-state index in [0.29, 0.717) is 6.42 Å². The van der Waals surface area contributed by atoms with Gasteiger partial charge in [0.1, 0.15) is 0 Å². The van der Waals surface area contributed by atoms with Crippen LogP contribution in [0.25, 0.3) is 0 Å². The molecule has 0 fully saturated rings. The molecule has 92 valence electrons. The zero-order valence-corrected chi connectivity index (χ0v) is 10.9. The zero-order chi connectivity index (χ0) is 12.3. The van der Waals surface area contributed by atoms with Gasteiger partial charge in [-0.2, -0.15) is 11.3 Å². The summed E-state index contributed by atoms with van der Waals surface area (Å²) in [4.78, 5) is 6.28. The highest BCUT2D eigenvalue weighted by Crippen LogP contribution is 2.10. The highest BCUT2D eigenvalue weighted by Gasteiger charge is 2.18. The number of rotatable bonds is 5. The Hall–Kier alpha value is -1.18. The van der Waals surface area contributed by atoms with Crippen LogP contribution in [-0.2, 0) is 16.4 Å². The summed E-state index contributed by atoms with van der Waals surface area (Å²) in [6, 6.07) is 1.84. The standard InChI is InChI=1S/C10H13N3O2S2/c1-8(4-9-2-3-16-6-9)13-17(14,15)10-5-11-7-12-10/h2-3,5-8,13H,4H2,1H3,(H,11,12). The Bertz CT molecular complexity index is 546. The van der Waals surface area contributed by atoms with E-state index in [-0.39, 0.29) is 11.1 Å². The van der Waals surface area contributed by atoms with E-state index in [2.05, 4.69) is 14.7 Å². The van der Waals surface area contributed by atoms with Crippen molar-refractivity contribution >= 4 is 21.4 Å². The van der Waals surface area contributed by atoms with E-state index >= 15 is 0 Å². The van der Waals surface area contributed by atoms with Crippen molar-refractivity contribution in [1.82, 2.24) is 14.7 Å². The molecule has 0 bridgehead atoms. The third-order valence-corrected chi connectivity index (χ3v) is 4.49. The van der Waals surface area contributed by atoms with Gasteiger partial charge in [-0.05, 0) is 35.7 Å². The minimum atomic E-state index is -3.48. The fraction of sp³-hybridized carbons (Fsp3) is 0.300. The van der Waals surface area contributed by atoms with E-state index in [0.717, 1.165) is 5.56 Å². The molecule has 7 heteroatoms. The molecule has 0 amide bonds. The van der Waals surface area contributed by atoms with Gasteiger partial charge in [0.2, 0.25) is 0 Å². The normalized spacial score (nSPS) is 13.7. The Labute approximate surface area is 104 Å². The fourth-order valence-corrected chi connectivity index (χ4v) is 3.35. The summed E-state index contributed by atoms with van der Waals surface area (Å²) in [7, 11) is -3.48. The molecular weight excluding hydrogens is 258 g/mol. The Morgan fingerprint density at radius 3 is 3.00 bits per heavy atom. The van der Waals surface area contributed by atoms with Gasteiger partial charge >= 0.3 is 0 Å². The first kappa shape index (κ1) is 12.3.